The number of aryl methyl sites for hydroxylation is 1. The molecular formula is C8H12IN3OS. The van der Waals surface area contributed by atoms with Crippen molar-refractivity contribution in [2.75, 3.05) is 12.1 Å². The van der Waals surface area contributed by atoms with Gasteiger partial charge in [0.1, 0.15) is 0 Å². The number of hydrogen-bond donors (Lipinski definition) is 1. The summed E-state index contributed by atoms with van der Waals surface area (Å²) in [5, 5.41) is 1.44. The average Bonchev–Trinajstić information content (AvgIpc) is 2.16. The largest absolute Gasteiger partial charge is 0.473 e. The monoisotopic (exact) mass is 325 g/mol. The molecular weight excluding hydrogens is 313 g/mol. The van der Waals surface area contributed by atoms with E-state index in [-0.39, 0.29) is 29.2 Å². The lowest BCUT2D eigenvalue weighted by Crippen LogP contribution is -2.38. The van der Waals surface area contributed by atoms with E-state index in [1.807, 2.05) is 19.1 Å². The minimum atomic E-state index is 0. The highest BCUT2D eigenvalue weighted by Gasteiger charge is 2.10. The lowest BCUT2D eigenvalue weighted by molar-refractivity contribution is 0.403. The normalized spacial score (nSPS) is 8.79. The van der Waals surface area contributed by atoms with Crippen molar-refractivity contribution in [3.05, 3.63) is 23.9 Å². The van der Waals surface area contributed by atoms with Gasteiger partial charge in [0.05, 0.1) is 7.11 Å². The summed E-state index contributed by atoms with van der Waals surface area (Å²) in [5.41, 5.74) is 0.949. The van der Waals surface area contributed by atoms with Crippen LogP contribution in [0.25, 0.3) is 0 Å². The maximum Gasteiger partial charge on any atom is 0.279 e. The van der Waals surface area contributed by atoms with Crippen molar-refractivity contribution in [1.29, 1.82) is 0 Å². The molecule has 14 heavy (non-hydrogen) atoms. The van der Waals surface area contributed by atoms with Crippen molar-refractivity contribution in [3.63, 3.8) is 0 Å². The summed E-state index contributed by atoms with van der Waals surface area (Å²) in [6, 6.07) is 3.74. The molecule has 0 aliphatic carbocycles. The first-order valence-corrected chi connectivity index (χ1v) is 4.12. The van der Waals surface area contributed by atoms with E-state index in [1.54, 1.807) is 6.20 Å². The predicted molar refractivity (Wildman–Crippen MR) is 70.7 cm³/mol. The number of thiocarbonyl (C=S) groups is 1. The fourth-order valence-corrected chi connectivity index (χ4v) is 1.00. The Hall–Kier alpha value is -0.470. The summed E-state index contributed by atoms with van der Waals surface area (Å²) >= 11 is 4.86. The molecule has 0 amide bonds. The summed E-state index contributed by atoms with van der Waals surface area (Å²) < 4.78 is 4.81. The summed E-state index contributed by atoms with van der Waals surface area (Å²) in [4.78, 5) is 4.08. The SMILES string of the molecule is COC(=S)N(N)c1ncccc1C.I. The van der Waals surface area contributed by atoms with Crippen LogP contribution in [0.5, 0.6) is 0 Å². The zero-order valence-electron chi connectivity index (χ0n) is 7.93. The van der Waals surface area contributed by atoms with Gasteiger partial charge in [-0.2, -0.15) is 0 Å². The molecule has 78 valence electrons. The molecule has 6 heteroatoms. The Balaban J connectivity index is 0.00000169. The topological polar surface area (TPSA) is 51.4 Å². The van der Waals surface area contributed by atoms with E-state index >= 15 is 0 Å². The first-order chi connectivity index (χ1) is 6.16. The number of pyridine rings is 1. The van der Waals surface area contributed by atoms with E-state index in [0.717, 1.165) is 5.56 Å². The number of methoxy groups -OCH3 is 1. The van der Waals surface area contributed by atoms with Gasteiger partial charge in [-0.15, -0.1) is 24.0 Å². The van der Waals surface area contributed by atoms with Crippen molar-refractivity contribution in [1.82, 2.24) is 4.98 Å². The highest BCUT2D eigenvalue weighted by atomic mass is 127. The lowest BCUT2D eigenvalue weighted by atomic mass is 10.3. The van der Waals surface area contributed by atoms with Crippen LogP contribution in [0, 0.1) is 6.92 Å². The van der Waals surface area contributed by atoms with Gasteiger partial charge in [0.2, 0.25) is 0 Å². The Morgan fingerprint density at radius 3 is 2.79 bits per heavy atom. The number of nitrogens with two attached hydrogens (primary N) is 1. The van der Waals surface area contributed by atoms with Crippen molar-refractivity contribution >= 4 is 47.2 Å². The number of hydrazine groups is 1. The Kier molecular flexibility index (Phi) is 5.89. The fraction of sp³-hybridized carbons (Fsp3) is 0.250. The van der Waals surface area contributed by atoms with E-state index in [9.17, 15) is 0 Å². The molecule has 0 spiro atoms. The van der Waals surface area contributed by atoms with Crippen molar-refractivity contribution in [2.45, 2.75) is 6.92 Å². The third kappa shape index (κ3) is 3.03. The number of halogens is 1. The second-order valence-electron chi connectivity index (χ2n) is 2.48. The molecule has 4 nitrogen and oxygen atoms in total. The van der Waals surface area contributed by atoms with Gasteiger partial charge in [-0.25, -0.2) is 15.8 Å². The molecule has 0 aliphatic rings. The molecule has 0 atom stereocenters. The molecule has 0 saturated heterocycles. The van der Waals surface area contributed by atoms with Crippen LogP contribution in [-0.2, 0) is 4.74 Å². The minimum Gasteiger partial charge on any atom is -0.473 e. The number of rotatable bonds is 1. The molecule has 1 rings (SSSR count). The zero-order valence-corrected chi connectivity index (χ0v) is 11.1. The van der Waals surface area contributed by atoms with Gasteiger partial charge in [0.15, 0.2) is 5.82 Å². The third-order valence-electron chi connectivity index (χ3n) is 1.58. The summed E-state index contributed by atoms with van der Waals surface area (Å²) in [6.45, 7) is 1.90. The van der Waals surface area contributed by atoms with Gasteiger partial charge >= 0.3 is 0 Å². The molecule has 0 bridgehead atoms. The van der Waals surface area contributed by atoms with Crippen LogP contribution in [0.15, 0.2) is 18.3 Å². The van der Waals surface area contributed by atoms with Crippen LogP contribution >= 0.6 is 36.2 Å². The first kappa shape index (κ1) is 13.5. The second-order valence-corrected chi connectivity index (χ2v) is 2.83. The maximum absolute atomic E-state index is 5.65. The van der Waals surface area contributed by atoms with Crippen LogP contribution in [0.3, 0.4) is 0 Å². The number of ether oxygens (including phenoxy) is 1. The van der Waals surface area contributed by atoms with E-state index in [4.69, 9.17) is 22.8 Å². The molecule has 1 heterocycles. The second kappa shape index (κ2) is 6.10. The van der Waals surface area contributed by atoms with Gasteiger partial charge in [-0.1, -0.05) is 6.07 Å². The average molecular weight is 325 g/mol. The molecule has 0 aliphatic heterocycles. The van der Waals surface area contributed by atoms with Crippen LogP contribution in [-0.4, -0.2) is 17.3 Å². The Morgan fingerprint density at radius 2 is 2.29 bits per heavy atom. The predicted octanol–water partition coefficient (Wildman–Crippen LogP) is 1.62. The van der Waals surface area contributed by atoms with Crippen LogP contribution in [0.4, 0.5) is 5.82 Å². The van der Waals surface area contributed by atoms with Crippen molar-refractivity contribution in [2.24, 2.45) is 5.84 Å². The highest BCUT2D eigenvalue weighted by molar-refractivity contribution is 14.0. The Morgan fingerprint density at radius 1 is 1.64 bits per heavy atom. The van der Waals surface area contributed by atoms with Gasteiger partial charge in [0, 0.05) is 6.20 Å². The van der Waals surface area contributed by atoms with Crippen LogP contribution < -0.4 is 10.9 Å². The summed E-state index contributed by atoms with van der Waals surface area (Å²) in [5.74, 6) is 6.26. The highest BCUT2D eigenvalue weighted by Crippen LogP contribution is 2.12. The van der Waals surface area contributed by atoms with Crippen molar-refractivity contribution < 1.29 is 4.74 Å². The quantitative estimate of drug-likeness (QED) is 0.368. The molecule has 0 unspecified atom stereocenters. The van der Waals surface area contributed by atoms with E-state index in [2.05, 4.69) is 4.98 Å². The van der Waals surface area contributed by atoms with Gasteiger partial charge in [-0.05, 0) is 30.8 Å². The molecule has 0 radical (unpaired) electrons. The van der Waals surface area contributed by atoms with Gasteiger partial charge in [-0.3, -0.25) is 0 Å². The fourth-order valence-electron chi connectivity index (χ4n) is 0.914. The van der Waals surface area contributed by atoms with Crippen LogP contribution in [0.2, 0.25) is 0 Å². The third-order valence-corrected chi connectivity index (χ3v) is 1.94. The number of anilines is 1. The molecule has 0 saturated carbocycles. The number of hydrogen-bond acceptors (Lipinski definition) is 4. The van der Waals surface area contributed by atoms with Gasteiger partial charge in [0.25, 0.3) is 5.17 Å². The first-order valence-electron chi connectivity index (χ1n) is 3.71. The molecule has 0 fully saturated rings. The Labute approximate surface area is 105 Å². The minimum absolute atomic E-state index is 0. The van der Waals surface area contributed by atoms with E-state index in [1.165, 1.54) is 12.1 Å². The zero-order chi connectivity index (χ0) is 9.84. The number of nitrogens with zero attached hydrogens (tertiary/aromatic N) is 2. The Bertz CT molecular complexity index is 321. The summed E-state index contributed by atoms with van der Waals surface area (Å²) in [6.07, 6.45) is 1.65. The van der Waals surface area contributed by atoms with Crippen molar-refractivity contribution in [3.8, 4) is 0 Å². The molecule has 2 N–H and O–H groups in total. The lowest BCUT2D eigenvalue weighted by Gasteiger charge is -2.17. The maximum atomic E-state index is 5.65. The van der Waals surface area contributed by atoms with E-state index in [0.29, 0.717) is 5.82 Å². The smallest absolute Gasteiger partial charge is 0.279 e. The van der Waals surface area contributed by atoms with Gasteiger partial charge < -0.3 is 4.74 Å². The molecule has 1 aromatic heterocycles. The molecule has 1 aromatic rings. The molecule has 0 aromatic carbocycles. The van der Waals surface area contributed by atoms with Crippen LogP contribution in [0.1, 0.15) is 5.56 Å². The van der Waals surface area contributed by atoms with E-state index < -0.39 is 0 Å². The number of aromatic nitrogens is 1. The standard InChI is InChI=1S/C8H11N3OS.HI/c1-6-4-3-5-10-7(6)11(9)8(13)12-2;/h3-5H,9H2,1-2H3;1H. The summed E-state index contributed by atoms with van der Waals surface area (Å²) in [7, 11) is 1.47.